The van der Waals surface area contributed by atoms with Crippen molar-refractivity contribution in [2.75, 3.05) is 0 Å². The van der Waals surface area contributed by atoms with Crippen LogP contribution in [0.4, 0.5) is 0 Å². The van der Waals surface area contributed by atoms with Crippen LogP contribution < -0.4 is 5.69 Å². The topological polar surface area (TPSA) is 106 Å². The summed E-state index contributed by atoms with van der Waals surface area (Å²) in [6.45, 7) is 1.36. The first kappa shape index (κ1) is 11.1. The van der Waals surface area contributed by atoms with Gasteiger partial charge in [-0.25, -0.2) is 9.89 Å². The summed E-state index contributed by atoms with van der Waals surface area (Å²) in [6.07, 6.45) is 3.32. The molecule has 90 valence electrons. The summed E-state index contributed by atoms with van der Waals surface area (Å²) >= 11 is 0. The number of carboxylic acid groups (broad SMARTS) is 1. The van der Waals surface area contributed by atoms with Crippen LogP contribution in [0.1, 0.15) is 18.8 Å². The van der Waals surface area contributed by atoms with E-state index < -0.39 is 18.2 Å². The lowest BCUT2D eigenvalue weighted by atomic mass is 10.3. The highest BCUT2D eigenvalue weighted by Crippen LogP contribution is 2.12. The number of rotatable bonds is 4. The molecule has 8 heteroatoms. The van der Waals surface area contributed by atoms with Crippen molar-refractivity contribution in [1.82, 2.24) is 24.5 Å². The number of hydrogen-bond donors (Lipinski definition) is 2. The maximum absolute atomic E-state index is 11.4. The summed E-state index contributed by atoms with van der Waals surface area (Å²) in [4.78, 5) is 22.1. The largest absolute Gasteiger partial charge is 0.480 e. The van der Waals surface area contributed by atoms with E-state index in [9.17, 15) is 9.59 Å². The van der Waals surface area contributed by atoms with Gasteiger partial charge in [0.15, 0.2) is 5.82 Å². The zero-order valence-corrected chi connectivity index (χ0v) is 9.07. The van der Waals surface area contributed by atoms with E-state index in [2.05, 4.69) is 15.3 Å². The average Bonchev–Trinajstić information content (AvgIpc) is 2.88. The van der Waals surface area contributed by atoms with Crippen LogP contribution in [-0.2, 0) is 11.3 Å². The third-order valence-electron chi connectivity index (χ3n) is 2.38. The van der Waals surface area contributed by atoms with Gasteiger partial charge in [-0.2, -0.15) is 10.2 Å². The maximum Gasteiger partial charge on any atom is 0.343 e. The summed E-state index contributed by atoms with van der Waals surface area (Å²) in [7, 11) is 0. The highest BCUT2D eigenvalue weighted by Gasteiger charge is 2.18. The van der Waals surface area contributed by atoms with Crippen LogP contribution in [0.2, 0.25) is 0 Å². The summed E-state index contributed by atoms with van der Waals surface area (Å²) in [5, 5.41) is 18.8. The van der Waals surface area contributed by atoms with Crippen molar-refractivity contribution in [3.8, 4) is 0 Å². The molecule has 2 rings (SSSR count). The third kappa shape index (κ3) is 2.10. The van der Waals surface area contributed by atoms with Crippen molar-refractivity contribution in [1.29, 1.82) is 0 Å². The van der Waals surface area contributed by atoms with Gasteiger partial charge in [-0.15, -0.1) is 0 Å². The first-order valence-corrected chi connectivity index (χ1v) is 4.95. The number of nitrogens with zero attached hydrogens (tertiary/aromatic N) is 4. The van der Waals surface area contributed by atoms with E-state index in [1.807, 2.05) is 0 Å². The van der Waals surface area contributed by atoms with Gasteiger partial charge in [-0.3, -0.25) is 14.0 Å². The molecule has 2 heterocycles. The minimum atomic E-state index is -1.09. The molecule has 8 nitrogen and oxygen atoms in total. The van der Waals surface area contributed by atoms with E-state index in [0.717, 1.165) is 4.57 Å². The van der Waals surface area contributed by atoms with Crippen LogP contribution in [0.15, 0.2) is 23.3 Å². The minimum Gasteiger partial charge on any atom is -0.480 e. The Morgan fingerprint density at radius 1 is 1.65 bits per heavy atom. The lowest BCUT2D eigenvalue weighted by molar-refractivity contribution is -0.137. The molecule has 0 amide bonds. The van der Waals surface area contributed by atoms with Gasteiger partial charge in [-0.05, 0) is 13.0 Å². The number of aromatic nitrogens is 5. The van der Waals surface area contributed by atoms with Gasteiger partial charge in [0.05, 0.1) is 0 Å². The second-order valence-electron chi connectivity index (χ2n) is 3.53. The van der Waals surface area contributed by atoms with Crippen molar-refractivity contribution < 1.29 is 9.90 Å². The zero-order chi connectivity index (χ0) is 12.4. The van der Waals surface area contributed by atoms with Gasteiger partial charge in [0.2, 0.25) is 0 Å². The normalized spacial score (nSPS) is 12.5. The number of nitrogens with one attached hydrogen (secondary N) is 1. The summed E-state index contributed by atoms with van der Waals surface area (Å²) < 4.78 is 2.67. The second kappa shape index (κ2) is 4.24. The van der Waals surface area contributed by atoms with Crippen LogP contribution in [0.5, 0.6) is 0 Å². The Labute approximate surface area is 95.5 Å². The smallest absolute Gasteiger partial charge is 0.343 e. The van der Waals surface area contributed by atoms with E-state index in [0.29, 0.717) is 5.82 Å². The molecule has 17 heavy (non-hydrogen) atoms. The Balaban J connectivity index is 2.39. The van der Waals surface area contributed by atoms with Crippen molar-refractivity contribution in [3.05, 3.63) is 34.8 Å². The van der Waals surface area contributed by atoms with Crippen molar-refractivity contribution in [3.63, 3.8) is 0 Å². The number of carboxylic acids is 1. The van der Waals surface area contributed by atoms with Crippen molar-refractivity contribution >= 4 is 5.97 Å². The number of aromatic amines is 1. The van der Waals surface area contributed by atoms with E-state index in [1.165, 1.54) is 0 Å². The summed E-state index contributed by atoms with van der Waals surface area (Å²) in [5.41, 5.74) is -0.540. The molecule has 1 unspecified atom stereocenters. The first-order valence-electron chi connectivity index (χ1n) is 4.95. The van der Waals surface area contributed by atoms with Gasteiger partial charge in [0.25, 0.3) is 0 Å². The van der Waals surface area contributed by atoms with Crippen LogP contribution >= 0.6 is 0 Å². The Morgan fingerprint density at radius 3 is 3.00 bits per heavy atom. The first-order chi connectivity index (χ1) is 8.09. The fourth-order valence-corrected chi connectivity index (χ4v) is 1.56. The molecule has 0 aliphatic heterocycles. The van der Waals surface area contributed by atoms with Crippen LogP contribution in [0.3, 0.4) is 0 Å². The molecule has 1 atom stereocenters. The summed E-state index contributed by atoms with van der Waals surface area (Å²) in [5.74, 6) is -0.761. The van der Waals surface area contributed by atoms with Crippen molar-refractivity contribution in [2.45, 2.75) is 19.5 Å². The molecule has 0 saturated heterocycles. The van der Waals surface area contributed by atoms with Crippen LogP contribution in [0.25, 0.3) is 0 Å². The Hall–Kier alpha value is -2.38. The molecule has 0 bridgehead atoms. The van der Waals surface area contributed by atoms with Crippen LogP contribution in [-0.4, -0.2) is 35.6 Å². The zero-order valence-electron chi connectivity index (χ0n) is 9.07. The Morgan fingerprint density at radius 2 is 2.41 bits per heavy atom. The fourth-order valence-electron chi connectivity index (χ4n) is 1.56. The lowest BCUT2D eigenvalue weighted by Crippen LogP contribution is -2.25. The number of hydrogen-bond acceptors (Lipinski definition) is 4. The Bertz CT molecular complexity index is 568. The molecular weight excluding hydrogens is 226 g/mol. The van der Waals surface area contributed by atoms with E-state index in [-0.39, 0.29) is 6.04 Å². The Kier molecular flexibility index (Phi) is 2.77. The van der Waals surface area contributed by atoms with Gasteiger partial charge < -0.3 is 5.11 Å². The molecule has 0 saturated carbocycles. The fraction of sp³-hybridized carbons (Fsp3) is 0.333. The highest BCUT2D eigenvalue weighted by molar-refractivity contribution is 5.66. The molecule has 0 fully saturated rings. The number of H-pyrrole nitrogens is 1. The van der Waals surface area contributed by atoms with E-state index in [1.54, 1.807) is 30.1 Å². The lowest BCUT2D eigenvalue weighted by Gasteiger charge is -2.11. The van der Waals surface area contributed by atoms with Gasteiger partial charge in [0, 0.05) is 12.4 Å². The predicted octanol–water partition coefficient (Wildman–Crippen LogP) is -0.538. The molecule has 2 aromatic heterocycles. The minimum absolute atomic E-state index is 0.316. The molecule has 0 spiro atoms. The number of carbonyl (C=O) groups is 1. The molecule has 0 aliphatic carbocycles. The average molecular weight is 237 g/mol. The molecule has 0 radical (unpaired) electrons. The monoisotopic (exact) mass is 237 g/mol. The molecule has 2 aromatic rings. The number of aliphatic carboxylic acids is 1. The molecular formula is C9H11N5O3. The van der Waals surface area contributed by atoms with Gasteiger partial charge in [-0.1, -0.05) is 0 Å². The van der Waals surface area contributed by atoms with Gasteiger partial charge >= 0.3 is 11.7 Å². The molecule has 0 aromatic carbocycles. The van der Waals surface area contributed by atoms with Crippen molar-refractivity contribution in [2.24, 2.45) is 0 Å². The van der Waals surface area contributed by atoms with E-state index in [4.69, 9.17) is 5.11 Å². The second-order valence-corrected chi connectivity index (χ2v) is 3.53. The van der Waals surface area contributed by atoms with Crippen LogP contribution in [0, 0.1) is 0 Å². The highest BCUT2D eigenvalue weighted by atomic mass is 16.4. The quantitative estimate of drug-likeness (QED) is 0.743. The third-order valence-corrected chi connectivity index (χ3v) is 2.38. The summed E-state index contributed by atoms with van der Waals surface area (Å²) in [6, 6.07) is 1.42. The van der Waals surface area contributed by atoms with Gasteiger partial charge in [0.1, 0.15) is 12.6 Å². The predicted molar refractivity (Wildman–Crippen MR) is 56.5 cm³/mol. The maximum atomic E-state index is 11.4. The van der Waals surface area contributed by atoms with E-state index >= 15 is 0 Å². The standard InChI is InChI=1S/C9H11N5O3/c1-6(14-4-2-3-10-14)8-11-12-9(17)13(8)5-7(15)16/h2-4,6H,5H2,1H3,(H,12,17)(H,15,16). The molecule has 0 aliphatic rings. The SMILES string of the molecule is CC(c1n[nH]c(=O)n1CC(=O)O)n1cccn1. The molecule has 2 N–H and O–H groups in total.